The van der Waals surface area contributed by atoms with Gasteiger partial charge in [0.2, 0.25) is 11.8 Å². The molecule has 3 aromatic rings. The zero-order chi connectivity index (χ0) is 28.6. The Balaban J connectivity index is 2.06. The van der Waals surface area contributed by atoms with Crippen LogP contribution in [0.1, 0.15) is 31.4 Å². The number of anilines is 1. The smallest absolute Gasteiger partial charge is 0.264 e. The zero-order valence-corrected chi connectivity index (χ0v) is 24.9. The van der Waals surface area contributed by atoms with Crippen LogP contribution in [0.25, 0.3) is 0 Å². The van der Waals surface area contributed by atoms with E-state index in [2.05, 4.69) is 5.32 Å². The summed E-state index contributed by atoms with van der Waals surface area (Å²) in [5.74, 6) is -0.823. The summed E-state index contributed by atoms with van der Waals surface area (Å²) in [5.41, 5.74) is 1.97. The Labute approximate surface area is 240 Å². The average molecular weight is 588 g/mol. The Bertz CT molecular complexity index is 1380. The fourth-order valence-electron chi connectivity index (χ4n) is 4.14. The van der Waals surface area contributed by atoms with E-state index in [1.54, 1.807) is 67.6 Å². The van der Waals surface area contributed by atoms with Crippen molar-refractivity contribution in [3.8, 4) is 0 Å². The standard InChI is InChI=1S/C29H34ClN3O4S2/c1-5-27(29(35)31-6-2)32(19-22-9-7-8-10-26(22)30)28(34)20-33(23-13-11-21(3)12-14-23)39(36,37)25-17-15-24(38-4)16-18-25/h7-18,27H,5-6,19-20H2,1-4H3,(H,31,35)/t27-/m1/s1. The number of nitrogens with zero attached hydrogens (tertiary/aromatic N) is 2. The quantitative estimate of drug-likeness (QED) is 0.282. The van der Waals surface area contributed by atoms with Crippen LogP contribution in [-0.4, -0.2) is 50.5 Å². The lowest BCUT2D eigenvalue weighted by atomic mass is 10.1. The van der Waals surface area contributed by atoms with Crippen molar-refractivity contribution in [1.29, 1.82) is 0 Å². The summed E-state index contributed by atoms with van der Waals surface area (Å²) in [7, 11) is -4.11. The molecule has 39 heavy (non-hydrogen) atoms. The number of hydrogen-bond donors (Lipinski definition) is 1. The third kappa shape index (κ3) is 7.56. The summed E-state index contributed by atoms with van der Waals surface area (Å²) < 4.78 is 28.9. The lowest BCUT2D eigenvalue weighted by Gasteiger charge is -2.33. The molecule has 3 aromatic carbocycles. The first-order valence-electron chi connectivity index (χ1n) is 12.7. The molecule has 208 valence electrons. The second kappa shape index (κ2) is 13.9. The van der Waals surface area contributed by atoms with Crippen molar-refractivity contribution in [3.05, 3.63) is 88.9 Å². The molecule has 0 aliphatic heterocycles. The van der Waals surface area contributed by atoms with Crippen LogP contribution in [0.2, 0.25) is 5.02 Å². The minimum absolute atomic E-state index is 0.0539. The Hall–Kier alpha value is -3.01. The molecule has 0 spiro atoms. The van der Waals surface area contributed by atoms with Crippen LogP contribution in [-0.2, 0) is 26.2 Å². The van der Waals surface area contributed by atoms with Gasteiger partial charge in [0, 0.05) is 23.0 Å². The van der Waals surface area contributed by atoms with E-state index in [4.69, 9.17) is 11.6 Å². The molecule has 0 heterocycles. The van der Waals surface area contributed by atoms with Crippen LogP contribution < -0.4 is 9.62 Å². The maximum atomic E-state index is 14.0. The van der Waals surface area contributed by atoms with Gasteiger partial charge in [-0.3, -0.25) is 13.9 Å². The number of amides is 2. The third-order valence-corrected chi connectivity index (χ3v) is 9.18. The van der Waals surface area contributed by atoms with Gasteiger partial charge in [0.1, 0.15) is 12.6 Å². The fraction of sp³-hybridized carbons (Fsp3) is 0.310. The molecule has 0 bridgehead atoms. The van der Waals surface area contributed by atoms with Gasteiger partial charge in [-0.1, -0.05) is 54.4 Å². The zero-order valence-electron chi connectivity index (χ0n) is 22.6. The number of sulfonamides is 1. The maximum absolute atomic E-state index is 14.0. The van der Waals surface area contributed by atoms with Gasteiger partial charge in [-0.2, -0.15) is 0 Å². The Morgan fingerprint density at radius 1 is 0.974 bits per heavy atom. The second-order valence-corrected chi connectivity index (χ2v) is 12.1. The van der Waals surface area contributed by atoms with Gasteiger partial charge >= 0.3 is 0 Å². The molecular weight excluding hydrogens is 554 g/mol. The molecule has 0 aliphatic rings. The third-order valence-electron chi connectivity index (χ3n) is 6.28. The summed E-state index contributed by atoms with van der Waals surface area (Å²) in [6.45, 7) is 5.49. The molecule has 3 rings (SSSR count). The largest absolute Gasteiger partial charge is 0.355 e. The number of thioether (sulfide) groups is 1. The van der Waals surface area contributed by atoms with Crippen molar-refractivity contribution in [3.63, 3.8) is 0 Å². The molecule has 10 heteroatoms. The molecule has 7 nitrogen and oxygen atoms in total. The fourth-order valence-corrected chi connectivity index (χ4v) is 6.15. The molecule has 1 N–H and O–H groups in total. The Kier molecular flexibility index (Phi) is 10.9. The van der Waals surface area contributed by atoms with Crippen LogP contribution in [0, 0.1) is 6.92 Å². The van der Waals surface area contributed by atoms with Crippen molar-refractivity contribution in [1.82, 2.24) is 10.2 Å². The number of carbonyl (C=O) groups is 2. The molecule has 0 saturated carbocycles. The van der Waals surface area contributed by atoms with Crippen LogP contribution in [0.5, 0.6) is 0 Å². The van der Waals surface area contributed by atoms with E-state index in [0.717, 1.165) is 14.8 Å². The van der Waals surface area contributed by atoms with E-state index >= 15 is 0 Å². The van der Waals surface area contributed by atoms with Gasteiger partial charge in [-0.25, -0.2) is 8.42 Å². The predicted octanol–water partition coefficient (Wildman–Crippen LogP) is 5.51. The van der Waals surface area contributed by atoms with Crippen molar-refractivity contribution in [2.45, 2.75) is 49.6 Å². The van der Waals surface area contributed by atoms with Gasteiger partial charge in [-0.15, -0.1) is 11.8 Å². The van der Waals surface area contributed by atoms with Crippen LogP contribution in [0.3, 0.4) is 0 Å². The molecule has 2 amide bonds. The number of carbonyl (C=O) groups excluding carboxylic acids is 2. The minimum Gasteiger partial charge on any atom is -0.355 e. The number of aryl methyl sites for hydroxylation is 1. The van der Waals surface area contributed by atoms with Crippen molar-refractivity contribution < 1.29 is 18.0 Å². The number of nitrogens with one attached hydrogen (secondary N) is 1. The van der Waals surface area contributed by atoms with Gasteiger partial charge in [0.15, 0.2) is 0 Å². The lowest BCUT2D eigenvalue weighted by Crippen LogP contribution is -2.52. The van der Waals surface area contributed by atoms with E-state index in [1.165, 1.54) is 28.8 Å². The Morgan fingerprint density at radius 2 is 1.62 bits per heavy atom. The number of rotatable bonds is 12. The summed E-state index contributed by atoms with van der Waals surface area (Å²) in [5, 5.41) is 3.25. The monoisotopic (exact) mass is 587 g/mol. The number of hydrogen-bond acceptors (Lipinski definition) is 5. The van der Waals surface area contributed by atoms with Gasteiger partial charge in [-0.05, 0) is 74.6 Å². The topological polar surface area (TPSA) is 86.8 Å². The number of benzene rings is 3. The first-order chi connectivity index (χ1) is 18.6. The molecule has 0 saturated heterocycles. The van der Waals surface area contributed by atoms with Gasteiger partial charge in [0.05, 0.1) is 10.6 Å². The van der Waals surface area contributed by atoms with Crippen molar-refractivity contribution in [2.75, 3.05) is 23.7 Å². The molecule has 0 radical (unpaired) electrons. The first kappa shape index (κ1) is 30.5. The first-order valence-corrected chi connectivity index (χ1v) is 15.7. The molecule has 0 unspecified atom stereocenters. The van der Waals surface area contributed by atoms with Crippen molar-refractivity contribution >= 4 is 50.9 Å². The molecule has 0 aromatic heterocycles. The van der Waals surface area contributed by atoms with E-state index in [1.807, 2.05) is 20.1 Å². The average Bonchev–Trinajstić information content (AvgIpc) is 2.93. The SMILES string of the molecule is CCNC(=O)[C@@H](CC)N(Cc1ccccc1Cl)C(=O)CN(c1ccc(C)cc1)S(=O)(=O)c1ccc(SC)cc1. The molecular formula is C29H34ClN3O4S2. The highest BCUT2D eigenvalue weighted by atomic mass is 35.5. The van der Waals surface area contributed by atoms with Crippen molar-refractivity contribution in [2.24, 2.45) is 0 Å². The summed E-state index contributed by atoms with van der Waals surface area (Å²) >= 11 is 7.91. The highest BCUT2D eigenvalue weighted by Crippen LogP contribution is 2.27. The number of halogens is 1. The highest BCUT2D eigenvalue weighted by Gasteiger charge is 2.33. The maximum Gasteiger partial charge on any atom is 0.264 e. The van der Waals surface area contributed by atoms with E-state index in [-0.39, 0.29) is 17.3 Å². The van der Waals surface area contributed by atoms with Crippen LogP contribution >= 0.6 is 23.4 Å². The van der Waals surface area contributed by atoms with Crippen LogP contribution in [0.4, 0.5) is 5.69 Å². The molecule has 0 aliphatic carbocycles. The van der Waals surface area contributed by atoms with Gasteiger partial charge in [0.25, 0.3) is 10.0 Å². The predicted molar refractivity (Wildman–Crippen MR) is 159 cm³/mol. The molecule has 1 atom stereocenters. The van der Waals surface area contributed by atoms with E-state index < -0.39 is 28.5 Å². The normalized spacial score (nSPS) is 12.0. The highest BCUT2D eigenvalue weighted by molar-refractivity contribution is 7.98. The van der Waals surface area contributed by atoms with E-state index in [0.29, 0.717) is 29.2 Å². The Morgan fingerprint density at radius 3 is 2.18 bits per heavy atom. The second-order valence-electron chi connectivity index (χ2n) is 8.95. The molecule has 0 fully saturated rings. The summed E-state index contributed by atoms with van der Waals surface area (Å²) in [6, 6.07) is 19.8. The van der Waals surface area contributed by atoms with Gasteiger partial charge < -0.3 is 10.2 Å². The number of likely N-dealkylation sites (N-methyl/N-ethyl adjacent to an activating group) is 1. The lowest BCUT2D eigenvalue weighted by molar-refractivity contribution is -0.140. The summed E-state index contributed by atoms with van der Waals surface area (Å²) in [4.78, 5) is 29.4. The van der Waals surface area contributed by atoms with Crippen LogP contribution in [0.15, 0.2) is 82.6 Å². The minimum atomic E-state index is -4.11. The summed E-state index contributed by atoms with van der Waals surface area (Å²) in [6.07, 6.45) is 2.25. The van der Waals surface area contributed by atoms with E-state index in [9.17, 15) is 18.0 Å².